The zero-order chi connectivity index (χ0) is 13.9. The van der Waals surface area contributed by atoms with E-state index in [-0.39, 0.29) is 5.54 Å². The lowest BCUT2D eigenvalue weighted by molar-refractivity contribution is -0.0200. The monoisotopic (exact) mass is 286 g/mol. The molecule has 2 rings (SSSR count). The molecule has 2 aliphatic rings. The van der Waals surface area contributed by atoms with Gasteiger partial charge in [-0.25, -0.2) is 0 Å². The lowest BCUT2D eigenvalue weighted by atomic mass is 9.78. The maximum atomic E-state index is 6.20. The Labute approximate surface area is 122 Å². The summed E-state index contributed by atoms with van der Waals surface area (Å²) in [5.41, 5.74) is 6.39. The lowest BCUT2D eigenvalue weighted by Crippen LogP contribution is -2.58. The second-order valence-corrected chi connectivity index (χ2v) is 8.53. The van der Waals surface area contributed by atoms with E-state index in [0.717, 1.165) is 13.0 Å². The van der Waals surface area contributed by atoms with Gasteiger partial charge in [-0.3, -0.25) is 4.90 Å². The van der Waals surface area contributed by atoms with E-state index in [2.05, 4.69) is 30.5 Å². The average molecular weight is 286 g/mol. The second kappa shape index (κ2) is 6.33. The van der Waals surface area contributed by atoms with E-state index in [0.29, 0.717) is 10.9 Å². The molecular formula is C15H30N2OS. The number of ether oxygens (including phenoxy) is 1. The molecule has 2 N–H and O–H groups in total. The second-order valence-electron chi connectivity index (χ2n) is 6.73. The molecule has 3 nitrogen and oxygen atoms in total. The molecule has 112 valence electrons. The molecule has 0 bridgehead atoms. The summed E-state index contributed by atoms with van der Waals surface area (Å²) in [6.45, 7) is 7.89. The zero-order valence-electron chi connectivity index (χ0n) is 12.8. The first-order valence-electron chi connectivity index (χ1n) is 7.63. The van der Waals surface area contributed by atoms with Crippen LogP contribution in [0.2, 0.25) is 0 Å². The van der Waals surface area contributed by atoms with Crippen LogP contribution in [0.25, 0.3) is 0 Å². The molecule has 0 radical (unpaired) electrons. The molecule has 2 unspecified atom stereocenters. The highest BCUT2D eigenvalue weighted by Gasteiger charge is 2.41. The Hall–Kier alpha value is 0.230. The van der Waals surface area contributed by atoms with Crippen molar-refractivity contribution in [3.63, 3.8) is 0 Å². The van der Waals surface area contributed by atoms with Crippen LogP contribution in [-0.4, -0.2) is 53.8 Å². The zero-order valence-corrected chi connectivity index (χ0v) is 13.6. The summed E-state index contributed by atoms with van der Waals surface area (Å²) in [6.07, 6.45) is 6.48. The summed E-state index contributed by atoms with van der Waals surface area (Å²) in [5.74, 6) is 1.23. The van der Waals surface area contributed by atoms with Crippen molar-refractivity contribution in [3.05, 3.63) is 0 Å². The van der Waals surface area contributed by atoms with E-state index in [4.69, 9.17) is 10.5 Å². The number of hydrogen-bond donors (Lipinski definition) is 1. The molecule has 1 saturated carbocycles. The van der Waals surface area contributed by atoms with Crippen LogP contribution in [0.5, 0.6) is 0 Å². The molecule has 0 amide bonds. The third kappa shape index (κ3) is 3.66. The molecule has 1 aliphatic heterocycles. The third-order valence-corrected chi connectivity index (χ3v) is 6.37. The first-order chi connectivity index (χ1) is 9.01. The van der Waals surface area contributed by atoms with Gasteiger partial charge < -0.3 is 10.5 Å². The van der Waals surface area contributed by atoms with Crippen LogP contribution in [-0.2, 0) is 4.74 Å². The van der Waals surface area contributed by atoms with Gasteiger partial charge >= 0.3 is 0 Å². The Balaban J connectivity index is 2.07. The van der Waals surface area contributed by atoms with Crippen molar-refractivity contribution >= 4 is 11.8 Å². The molecule has 0 aromatic rings. The van der Waals surface area contributed by atoms with Gasteiger partial charge in [0.25, 0.3) is 0 Å². The number of methoxy groups -OCH3 is 1. The standard InChI is InChI=1S/C15H30N2OS/c1-14(2)7-8-17(9-10-19-14)15(12-16)6-4-5-13(11-15)18-3/h13H,4-12,16H2,1-3H3. The molecule has 1 heterocycles. The van der Waals surface area contributed by atoms with Crippen LogP contribution < -0.4 is 5.73 Å². The highest BCUT2D eigenvalue weighted by atomic mass is 32.2. The smallest absolute Gasteiger partial charge is 0.0589 e. The van der Waals surface area contributed by atoms with Crippen molar-refractivity contribution in [1.82, 2.24) is 4.90 Å². The minimum Gasteiger partial charge on any atom is -0.381 e. The lowest BCUT2D eigenvalue weighted by Gasteiger charge is -2.47. The molecule has 4 heteroatoms. The molecule has 1 saturated heterocycles. The van der Waals surface area contributed by atoms with Gasteiger partial charge in [0.15, 0.2) is 0 Å². The van der Waals surface area contributed by atoms with Gasteiger partial charge in [0.1, 0.15) is 0 Å². The summed E-state index contributed by atoms with van der Waals surface area (Å²) in [5, 5.41) is 0. The normalized spacial score (nSPS) is 36.9. The fourth-order valence-corrected chi connectivity index (χ4v) is 4.68. The molecular weight excluding hydrogens is 256 g/mol. The maximum Gasteiger partial charge on any atom is 0.0589 e. The molecule has 19 heavy (non-hydrogen) atoms. The van der Waals surface area contributed by atoms with Crippen molar-refractivity contribution in [2.75, 3.05) is 32.5 Å². The predicted molar refractivity (Wildman–Crippen MR) is 83.8 cm³/mol. The summed E-state index contributed by atoms with van der Waals surface area (Å²) in [4.78, 5) is 2.68. The van der Waals surface area contributed by atoms with E-state index in [1.165, 1.54) is 44.5 Å². The number of hydrogen-bond acceptors (Lipinski definition) is 4. The SMILES string of the molecule is COC1CCCC(CN)(N2CCSC(C)(C)CC2)C1. The summed E-state index contributed by atoms with van der Waals surface area (Å²) in [7, 11) is 1.85. The summed E-state index contributed by atoms with van der Waals surface area (Å²) in [6, 6.07) is 0. The number of nitrogens with zero attached hydrogens (tertiary/aromatic N) is 1. The largest absolute Gasteiger partial charge is 0.381 e. The minimum absolute atomic E-state index is 0.194. The topological polar surface area (TPSA) is 38.5 Å². The highest BCUT2D eigenvalue weighted by molar-refractivity contribution is 8.00. The van der Waals surface area contributed by atoms with Crippen LogP contribution >= 0.6 is 11.8 Å². The van der Waals surface area contributed by atoms with Gasteiger partial charge in [0.2, 0.25) is 0 Å². The summed E-state index contributed by atoms with van der Waals surface area (Å²) < 4.78 is 6.04. The minimum atomic E-state index is 0.194. The first-order valence-corrected chi connectivity index (χ1v) is 8.62. The number of rotatable bonds is 3. The molecule has 0 aromatic carbocycles. The molecule has 1 aliphatic carbocycles. The van der Waals surface area contributed by atoms with E-state index >= 15 is 0 Å². The maximum absolute atomic E-state index is 6.20. The highest BCUT2D eigenvalue weighted by Crippen LogP contribution is 2.38. The van der Waals surface area contributed by atoms with E-state index in [9.17, 15) is 0 Å². The van der Waals surface area contributed by atoms with Gasteiger partial charge in [-0.1, -0.05) is 13.8 Å². The Morgan fingerprint density at radius 1 is 1.32 bits per heavy atom. The average Bonchev–Trinajstić information content (AvgIpc) is 2.60. The van der Waals surface area contributed by atoms with Crippen LogP contribution in [0.3, 0.4) is 0 Å². The molecule has 0 aromatic heterocycles. The van der Waals surface area contributed by atoms with Gasteiger partial charge in [0, 0.05) is 42.8 Å². The Morgan fingerprint density at radius 3 is 2.79 bits per heavy atom. The van der Waals surface area contributed by atoms with Gasteiger partial charge in [0.05, 0.1) is 6.10 Å². The first kappa shape index (κ1) is 15.6. The predicted octanol–water partition coefficient (Wildman–Crippen LogP) is 2.49. The van der Waals surface area contributed by atoms with Crippen LogP contribution in [0, 0.1) is 0 Å². The van der Waals surface area contributed by atoms with Crippen molar-refractivity contribution < 1.29 is 4.74 Å². The third-order valence-electron chi connectivity index (χ3n) is 5.00. The fraction of sp³-hybridized carbons (Fsp3) is 1.00. The van der Waals surface area contributed by atoms with Gasteiger partial charge in [-0.05, 0) is 32.1 Å². The fourth-order valence-electron chi connectivity index (χ4n) is 3.58. The number of nitrogens with two attached hydrogens (primary N) is 1. The number of thioether (sulfide) groups is 1. The molecule has 2 fully saturated rings. The molecule has 0 spiro atoms. The van der Waals surface area contributed by atoms with Gasteiger partial charge in [-0.2, -0.15) is 11.8 Å². The van der Waals surface area contributed by atoms with E-state index in [1.54, 1.807) is 0 Å². The van der Waals surface area contributed by atoms with Crippen molar-refractivity contribution in [3.8, 4) is 0 Å². The van der Waals surface area contributed by atoms with Crippen LogP contribution in [0.1, 0.15) is 46.0 Å². The quantitative estimate of drug-likeness (QED) is 0.865. The Kier molecular flexibility index (Phi) is 5.21. The van der Waals surface area contributed by atoms with Crippen LogP contribution in [0.4, 0.5) is 0 Å². The van der Waals surface area contributed by atoms with E-state index < -0.39 is 0 Å². The van der Waals surface area contributed by atoms with Crippen LogP contribution in [0.15, 0.2) is 0 Å². The summed E-state index contributed by atoms with van der Waals surface area (Å²) >= 11 is 2.11. The van der Waals surface area contributed by atoms with Gasteiger partial charge in [-0.15, -0.1) is 0 Å². The Morgan fingerprint density at radius 2 is 2.11 bits per heavy atom. The van der Waals surface area contributed by atoms with Crippen molar-refractivity contribution in [2.24, 2.45) is 5.73 Å². The Bertz CT molecular complexity index is 298. The van der Waals surface area contributed by atoms with Crippen molar-refractivity contribution in [1.29, 1.82) is 0 Å². The van der Waals surface area contributed by atoms with Crippen molar-refractivity contribution in [2.45, 2.75) is 62.3 Å². The van der Waals surface area contributed by atoms with E-state index in [1.807, 2.05) is 7.11 Å². The molecule has 2 atom stereocenters.